The minimum atomic E-state index is -0.626. The van der Waals surface area contributed by atoms with Crippen molar-refractivity contribution in [3.63, 3.8) is 0 Å². The number of Topliss-reactive ketones (excluding diaryl/α,β-unsaturated/α-hetero) is 1. The minimum absolute atomic E-state index is 0. The number of amides is 1. The first-order valence-corrected chi connectivity index (χ1v) is 12.5. The molecule has 196 valence electrons. The number of nitrogens with zero attached hydrogens (tertiary/aromatic N) is 2. The normalized spacial score (nSPS) is 18.5. The second-order valence-corrected chi connectivity index (χ2v) is 9.25. The Morgan fingerprint density at radius 3 is 2.58 bits per heavy atom. The second kappa shape index (κ2) is 13.0. The van der Waals surface area contributed by atoms with Crippen molar-refractivity contribution in [2.75, 3.05) is 19.7 Å². The van der Waals surface area contributed by atoms with Crippen LogP contribution in [0.2, 0.25) is 0 Å². The van der Waals surface area contributed by atoms with Crippen LogP contribution in [0.1, 0.15) is 61.0 Å². The van der Waals surface area contributed by atoms with Gasteiger partial charge in [0.1, 0.15) is 6.10 Å². The largest absolute Gasteiger partial charge is 0.477 e. The lowest BCUT2D eigenvalue weighted by atomic mass is 9.91. The molecule has 0 unspecified atom stereocenters. The number of carbonyl (C=O) groups is 2. The number of likely N-dealkylation sites (tertiary alicyclic amines) is 1. The van der Waals surface area contributed by atoms with E-state index in [0.29, 0.717) is 37.6 Å². The van der Waals surface area contributed by atoms with Crippen molar-refractivity contribution in [2.45, 2.75) is 70.7 Å². The fourth-order valence-corrected chi connectivity index (χ4v) is 4.77. The number of halogens is 1. The number of benzene rings is 1. The van der Waals surface area contributed by atoms with Crippen LogP contribution >= 0.6 is 12.4 Å². The van der Waals surface area contributed by atoms with E-state index in [2.05, 4.69) is 22.4 Å². The van der Waals surface area contributed by atoms with Crippen LogP contribution in [0.3, 0.4) is 0 Å². The first kappa shape index (κ1) is 27.9. The van der Waals surface area contributed by atoms with Gasteiger partial charge >= 0.3 is 0 Å². The lowest BCUT2D eigenvalue weighted by Crippen LogP contribution is -2.44. The molecule has 4 rings (SSSR count). The van der Waals surface area contributed by atoms with Gasteiger partial charge < -0.3 is 24.8 Å². The molecule has 8 nitrogen and oxygen atoms in total. The third-order valence-corrected chi connectivity index (χ3v) is 6.84. The van der Waals surface area contributed by atoms with Crippen molar-refractivity contribution in [2.24, 2.45) is 0 Å². The monoisotopic (exact) mass is 517 g/mol. The zero-order valence-corrected chi connectivity index (χ0v) is 21.8. The predicted molar refractivity (Wildman–Crippen MR) is 139 cm³/mol. The average Bonchev–Trinajstić information content (AvgIpc) is 2.87. The summed E-state index contributed by atoms with van der Waals surface area (Å²) < 4.78 is 11.7. The third-order valence-electron chi connectivity index (χ3n) is 6.84. The number of ether oxygens (including phenoxy) is 2. The van der Waals surface area contributed by atoms with Gasteiger partial charge in [-0.25, -0.2) is 0 Å². The highest BCUT2D eigenvalue weighted by atomic mass is 35.5. The standard InChI is InChI=1S/C27H35N3O5.ClH/c1-3-34-27-22(8-11-26(29-27)35-21-12-14-30(15-13-21)18(2)31)24(32)9-10-25(33)23-16-19-6-4-5-7-20(19)17-28-23;/h4-8,11,21,23,25,28,33H,3,9-10,12-17H2,1-2H3;1H/t23-,25+;/m0./s1. The number of hydrogen-bond donors (Lipinski definition) is 2. The van der Waals surface area contributed by atoms with Crippen LogP contribution in [-0.4, -0.2) is 64.6 Å². The highest BCUT2D eigenvalue weighted by Crippen LogP contribution is 2.26. The van der Waals surface area contributed by atoms with Crippen LogP contribution in [0.5, 0.6) is 11.8 Å². The molecule has 9 heteroatoms. The molecule has 2 atom stereocenters. The van der Waals surface area contributed by atoms with E-state index in [1.165, 1.54) is 11.1 Å². The molecule has 2 aliphatic heterocycles. The summed E-state index contributed by atoms with van der Waals surface area (Å²) in [5.74, 6) is 0.640. The molecule has 2 aliphatic rings. The smallest absolute Gasteiger partial charge is 0.227 e. The molecule has 3 heterocycles. The van der Waals surface area contributed by atoms with Gasteiger partial charge in [0, 0.05) is 57.9 Å². The Bertz CT molecular complexity index is 1040. The Morgan fingerprint density at radius 2 is 1.89 bits per heavy atom. The van der Waals surface area contributed by atoms with Crippen molar-refractivity contribution >= 4 is 24.1 Å². The molecule has 2 aromatic rings. The third kappa shape index (κ3) is 6.96. The van der Waals surface area contributed by atoms with Gasteiger partial charge in [0.25, 0.3) is 0 Å². The van der Waals surface area contributed by atoms with Gasteiger partial charge in [-0.1, -0.05) is 24.3 Å². The van der Waals surface area contributed by atoms with E-state index in [-0.39, 0.29) is 48.5 Å². The van der Waals surface area contributed by atoms with Crippen molar-refractivity contribution in [1.82, 2.24) is 15.2 Å². The molecule has 0 aliphatic carbocycles. The van der Waals surface area contributed by atoms with Gasteiger partial charge in [-0.15, -0.1) is 12.4 Å². The van der Waals surface area contributed by atoms with E-state index >= 15 is 0 Å². The summed E-state index contributed by atoms with van der Waals surface area (Å²) in [4.78, 5) is 30.8. The van der Waals surface area contributed by atoms with Gasteiger partial charge in [-0.2, -0.15) is 4.98 Å². The number of fused-ring (bicyclic) bond motifs is 1. The van der Waals surface area contributed by atoms with Crippen LogP contribution in [0, 0.1) is 0 Å². The van der Waals surface area contributed by atoms with Crippen molar-refractivity contribution in [3.8, 4) is 11.8 Å². The maximum atomic E-state index is 13.0. The van der Waals surface area contributed by atoms with Crippen LogP contribution in [0.15, 0.2) is 36.4 Å². The Morgan fingerprint density at radius 1 is 1.17 bits per heavy atom. The molecule has 1 fully saturated rings. The summed E-state index contributed by atoms with van der Waals surface area (Å²) >= 11 is 0. The topological polar surface area (TPSA) is 101 Å². The lowest BCUT2D eigenvalue weighted by Gasteiger charge is -2.31. The molecule has 0 spiro atoms. The number of nitrogens with one attached hydrogen (secondary N) is 1. The number of aromatic nitrogens is 1. The SMILES string of the molecule is CCOc1nc(OC2CCN(C(C)=O)CC2)ccc1C(=O)CC[C@@H](O)[C@@H]1Cc2ccccc2CN1.Cl. The molecule has 1 saturated heterocycles. The first-order valence-electron chi connectivity index (χ1n) is 12.5. The van der Waals surface area contributed by atoms with E-state index in [9.17, 15) is 14.7 Å². The zero-order valence-electron chi connectivity index (χ0n) is 20.9. The number of aliphatic hydroxyl groups excluding tert-OH is 1. The molecular formula is C27H36ClN3O5. The van der Waals surface area contributed by atoms with Crippen LogP contribution in [0.25, 0.3) is 0 Å². The van der Waals surface area contributed by atoms with E-state index in [0.717, 1.165) is 25.8 Å². The molecule has 1 amide bonds. The maximum Gasteiger partial charge on any atom is 0.227 e. The molecular weight excluding hydrogens is 482 g/mol. The fourth-order valence-electron chi connectivity index (χ4n) is 4.77. The van der Waals surface area contributed by atoms with Crippen LogP contribution in [-0.2, 0) is 17.8 Å². The summed E-state index contributed by atoms with van der Waals surface area (Å²) in [7, 11) is 0. The molecule has 2 N–H and O–H groups in total. The number of hydrogen-bond acceptors (Lipinski definition) is 7. The van der Waals surface area contributed by atoms with Crippen molar-refractivity contribution in [3.05, 3.63) is 53.1 Å². The summed E-state index contributed by atoms with van der Waals surface area (Å²) in [6.45, 7) is 5.85. The minimum Gasteiger partial charge on any atom is -0.477 e. The van der Waals surface area contributed by atoms with Gasteiger partial charge in [0.2, 0.25) is 17.7 Å². The summed E-state index contributed by atoms with van der Waals surface area (Å²) in [6, 6.07) is 11.5. The Balaban J connectivity index is 0.00000361. The van der Waals surface area contributed by atoms with Gasteiger partial charge in [0.15, 0.2) is 5.78 Å². The predicted octanol–water partition coefficient (Wildman–Crippen LogP) is 3.33. The second-order valence-electron chi connectivity index (χ2n) is 9.25. The van der Waals surface area contributed by atoms with E-state index in [4.69, 9.17) is 9.47 Å². The highest BCUT2D eigenvalue weighted by Gasteiger charge is 2.26. The number of piperidine rings is 1. The fraction of sp³-hybridized carbons (Fsp3) is 0.519. The van der Waals surface area contributed by atoms with E-state index < -0.39 is 6.10 Å². The number of ketones is 1. The Kier molecular flexibility index (Phi) is 10.1. The van der Waals surface area contributed by atoms with Gasteiger partial charge in [-0.3, -0.25) is 9.59 Å². The van der Waals surface area contributed by atoms with Crippen LogP contribution in [0.4, 0.5) is 0 Å². The summed E-state index contributed by atoms with van der Waals surface area (Å²) in [6.07, 6.45) is 2.13. The number of carbonyl (C=O) groups excluding carboxylic acids is 2. The molecule has 0 bridgehead atoms. The first-order chi connectivity index (χ1) is 16.9. The number of rotatable bonds is 9. The number of aliphatic hydroxyl groups is 1. The summed E-state index contributed by atoms with van der Waals surface area (Å²) in [5.41, 5.74) is 2.90. The average molecular weight is 518 g/mol. The van der Waals surface area contributed by atoms with E-state index in [1.807, 2.05) is 24.0 Å². The molecule has 1 aromatic carbocycles. The van der Waals surface area contributed by atoms with E-state index in [1.54, 1.807) is 19.1 Å². The maximum absolute atomic E-state index is 13.0. The lowest BCUT2D eigenvalue weighted by molar-refractivity contribution is -0.130. The molecule has 0 radical (unpaired) electrons. The molecule has 36 heavy (non-hydrogen) atoms. The van der Waals surface area contributed by atoms with Crippen molar-refractivity contribution in [1.29, 1.82) is 0 Å². The Labute approximate surface area is 218 Å². The van der Waals surface area contributed by atoms with Crippen molar-refractivity contribution < 1.29 is 24.2 Å². The highest BCUT2D eigenvalue weighted by molar-refractivity contribution is 5.98. The van der Waals surface area contributed by atoms with Gasteiger partial charge in [-0.05, 0) is 37.0 Å². The number of pyridine rings is 1. The molecule has 1 aromatic heterocycles. The molecule has 0 saturated carbocycles. The quantitative estimate of drug-likeness (QED) is 0.492. The summed E-state index contributed by atoms with van der Waals surface area (Å²) in [5, 5.41) is 14.1. The van der Waals surface area contributed by atoms with Gasteiger partial charge in [0.05, 0.1) is 18.3 Å². The zero-order chi connectivity index (χ0) is 24.8. The van der Waals surface area contributed by atoms with Crippen LogP contribution < -0.4 is 14.8 Å². The Hall–Kier alpha value is -2.68.